The van der Waals surface area contributed by atoms with E-state index in [0.29, 0.717) is 6.04 Å². The smallest absolute Gasteiger partial charge is 0.123 e. The number of fused-ring (bicyclic) bond motifs is 1. The summed E-state index contributed by atoms with van der Waals surface area (Å²) in [6.45, 7) is 1.90. The largest absolute Gasteiger partial charge is 0.365 e. The Morgan fingerprint density at radius 1 is 0.962 bits per heavy atom. The van der Waals surface area contributed by atoms with Gasteiger partial charge in [-0.25, -0.2) is 4.39 Å². The molecule has 0 radical (unpaired) electrons. The summed E-state index contributed by atoms with van der Waals surface area (Å²) in [5.41, 5.74) is 6.15. The first kappa shape index (κ1) is 16.8. The molecule has 0 aromatic heterocycles. The molecular formula is C23H23FN2. The summed E-state index contributed by atoms with van der Waals surface area (Å²) in [4.78, 5) is 2.45. The highest BCUT2D eigenvalue weighted by Gasteiger charge is 2.24. The molecule has 1 heterocycles. The van der Waals surface area contributed by atoms with Crippen LogP contribution in [0, 0.1) is 5.82 Å². The number of nitrogens with one attached hydrogen (secondary N) is 1. The van der Waals surface area contributed by atoms with E-state index in [-0.39, 0.29) is 5.82 Å². The van der Waals surface area contributed by atoms with Crippen LogP contribution in [0.4, 0.5) is 10.1 Å². The van der Waals surface area contributed by atoms with Crippen molar-refractivity contribution in [3.63, 3.8) is 0 Å². The van der Waals surface area contributed by atoms with E-state index in [1.165, 1.54) is 28.9 Å². The fourth-order valence-electron chi connectivity index (χ4n) is 3.72. The van der Waals surface area contributed by atoms with Crippen molar-refractivity contribution in [2.75, 3.05) is 18.5 Å². The predicted molar refractivity (Wildman–Crippen MR) is 106 cm³/mol. The van der Waals surface area contributed by atoms with Crippen LogP contribution in [0.15, 0.2) is 72.8 Å². The first-order valence-electron chi connectivity index (χ1n) is 9.08. The molecule has 1 atom stereocenters. The van der Waals surface area contributed by atoms with E-state index in [9.17, 15) is 4.39 Å². The highest BCUT2D eigenvalue weighted by atomic mass is 19.1. The molecule has 132 valence electrons. The number of hydrogen-bond acceptors (Lipinski definition) is 2. The van der Waals surface area contributed by atoms with Crippen LogP contribution in [-0.4, -0.2) is 19.6 Å². The van der Waals surface area contributed by atoms with Gasteiger partial charge < -0.3 is 10.2 Å². The SMILES string of the molecule is CNC1Cc2cc(-c3ccc(F)cc3)ccc2N(Cc2ccccc2)C1. The molecule has 0 fully saturated rings. The average Bonchev–Trinajstić information content (AvgIpc) is 2.68. The Kier molecular flexibility index (Phi) is 4.72. The van der Waals surface area contributed by atoms with Crippen molar-refractivity contribution in [3.05, 3.63) is 89.7 Å². The standard InChI is InChI=1S/C23H23FN2/c1-25-22-14-20-13-19(18-7-10-21(24)11-8-18)9-12-23(20)26(16-22)15-17-5-3-2-4-6-17/h2-13,22,25H,14-16H2,1H3. The number of rotatable bonds is 4. The van der Waals surface area contributed by atoms with Crippen molar-refractivity contribution in [3.8, 4) is 11.1 Å². The summed E-state index contributed by atoms with van der Waals surface area (Å²) in [6.07, 6.45) is 1.01. The Labute approximate surface area is 154 Å². The molecule has 0 bridgehead atoms. The summed E-state index contributed by atoms with van der Waals surface area (Å²) < 4.78 is 13.2. The van der Waals surface area contributed by atoms with E-state index in [4.69, 9.17) is 0 Å². The molecule has 3 aromatic rings. The van der Waals surface area contributed by atoms with E-state index in [0.717, 1.165) is 30.6 Å². The summed E-state index contributed by atoms with van der Waals surface area (Å²) in [7, 11) is 2.03. The lowest BCUT2D eigenvalue weighted by Crippen LogP contribution is -2.44. The van der Waals surface area contributed by atoms with Crippen LogP contribution < -0.4 is 10.2 Å². The lowest BCUT2D eigenvalue weighted by Gasteiger charge is -2.36. The second-order valence-corrected chi connectivity index (χ2v) is 6.91. The van der Waals surface area contributed by atoms with E-state index >= 15 is 0 Å². The molecule has 26 heavy (non-hydrogen) atoms. The monoisotopic (exact) mass is 346 g/mol. The van der Waals surface area contributed by atoms with E-state index in [2.05, 4.69) is 58.7 Å². The second kappa shape index (κ2) is 7.30. The molecule has 1 unspecified atom stereocenters. The molecule has 1 aliphatic rings. The molecule has 0 saturated heterocycles. The van der Waals surface area contributed by atoms with Gasteiger partial charge >= 0.3 is 0 Å². The minimum Gasteiger partial charge on any atom is -0.365 e. The minimum atomic E-state index is -0.198. The second-order valence-electron chi connectivity index (χ2n) is 6.91. The fraction of sp³-hybridized carbons (Fsp3) is 0.217. The van der Waals surface area contributed by atoms with Gasteiger partial charge in [0.05, 0.1) is 0 Å². The summed E-state index contributed by atoms with van der Waals surface area (Å²) in [5, 5.41) is 3.44. The molecular weight excluding hydrogens is 323 g/mol. The third kappa shape index (κ3) is 3.49. The number of nitrogens with zero attached hydrogens (tertiary/aromatic N) is 1. The van der Waals surface area contributed by atoms with E-state index in [1.54, 1.807) is 0 Å². The summed E-state index contributed by atoms with van der Waals surface area (Å²) >= 11 is 0. The van der Waals surface area contributed by atoms with Crippen LogP contribution in [0.5, 0.6) is 0 Å². The number of hydrogen-bond donors (Lipinski definition) is 1. The Bertz CT molecular complexity index is 874. The third-order valence-electron chi connectivity index (χ3n) is 5.13. The van der Waals surface area contributed by atoms with Crippen LogP contribution in [0.2, 0.25) is 0 Å². The first-order chi connectivity index (χ1) is 12.7. The van der Waals surface area contributed by atoms with Crippen LogP contribution in [0.25, 0.3) is 11.1 Å². The normalized spacial score (nSPS) is 16.4. The first-order valence-corrected chi connectivity index (χ1v) is 9.08. The van der Waals surface area contributed by atoms with Crippen molar-refractivity contribution in [2.45, 2.75) is 19.0 Å². The Hall–Kier alpha value is -2.65. The van der Waals surface area contributed by atoms with Gasteiger partial charge in [0.25, 0.3) is 0 Å². The maximum Gasteiger partial charge on any atom is 0.123 e. The molecule has 1 N–H and O–H groups in total. The van der Waals surface area contributed by atoms with Crippen LogP contribution >= 0.6 is 0 Å². The molecule has 3 heteroatoms. The molecule has 0 aliphatic carbocycles. The van der Waals surface area contributed by atoms with Crippen LogP contribution in [0.3, 0.4) is 0 Å². The fourth-order valence-corrected chi connectivity index (χ4v) is 3.72. The van der Waals surface area contributed by atoms with Crippen molar-refractivity contribution < 1.29 is 4.39 Å². The van der Waals surface area contributed by atoms with Gasteiger partial charge in [0.15, 0.2) is 0 Å². The maximum absolute atomic E-state index is 13.2. The van der Waals surface area contributed by atoms with Crippen molar-refractivity contribution in [1.29, 1.82) is 0 Å². The Morgan fingerprint density at radius 2 is 1.69 bits per heavy atom. The van der Waals surface area contributed by atoms with Gasteiger partial charge in [-0.3, -0.25) is 0 Å². The molecule has 0 saturated carbocycles. The molecule has 0 spiro atoms. The molecule has 0 amide bonds. The minimum absolute atomic E-state index is 0.198. The number of likely N-dealkylation sites (N-methyl/N-ethyl adjacent to an activating group) is 1. The van der Waals surface area contributed by atoms with Crippen molar-refractivity contribution >= 4 is 5.69 Å². The van der Waals surface area contributed by atoms with Gasteiger partial charge in [-0.2, -0.15) is 0 Å². The van der Waals surface area contributed by atoms with Gasteiger partial charge in [0.1, 0.15) is 5.82 Å². The Morgan fingerprint density at radius 3 is 2.42 bits per heavy atom. The Balaban J connectivity index is 1.67. The predicted octanol–water partition coefficient (Wildman–Crippen LogP) is 4.64. The van der Waals surface area contributed by atoms with Gasteiger partial charge in [-0.1, -0.05) is 48.5 Å². The molecule has 2 nitrogen and oxygen atoms in total. The van der Waals surface area contributed by atoms with Gasteiger partial charge in [0, 0.05) is 24.8 Å². The maximum atomic E-state index is 13.2. The zero-order valence-electron chi connectivity index (χ0n) is 15.0. The summed E-state index contributed by atoms with van der Waals surface area (Å²) in [5.74, 6) is -0.198. The molecule has 1 aliphatic heterocycles. The van der Waals surface area contributed by atoms with Gasteiger partial charge in [-0.05, 0) is 60.0 Å². The average molecular weight is 346 g/mol. The lowest BCUT2D eigenvalue weighted by atomic mass is 9.93. The number of anilines is 1. The van der Waals surface area contributed by atoms with Gasteiger partial charge in [-0.15, -0.1) is 0 Å². The quantitative estimate of drug-likeness (QED) is 0.740. The third-order valence-corrected chi connectivity index (χ3v) is 5.13. The number of halogens is 1. The summed E-state index contributed by atoms with van der Waals surface area (Å²) in [6, 6.07) is 24.4. The molecule has 4 rings (SSSR count). The number of benzene rings is 3. The zero-order valence-corrected chi connectivity index (χ0v) is 15.0. The van der Waals surface area contributed by atoms with Crippen LogP contribution in [0.1, 0.15) is 11.1 Å². The molecule has 3 aromatic carbocycles. The van der Waals surface area contributed by atoms with Crippen molar-refractivity contribution in [1.82, 2.24) is 5.32 Å². The highest BCUT2D eigenvalue weighted by Crippen LogP contribution is 2.32. The van der Waals surface area contributed by atoms with Crippen LogP contribution in [-0.2, 0) is 13.0 Å². The zero-order chi connectivity index (χ0) is 17.9. The highest BCUT2D eigenvalue weighted by molar-refractivity contribution is 5.70. The topological polar surface area (TPSA) is 15.3 Å². The van der Waals surface area contributed by atoms with Crippen molar-refractivity contribution in [2.24, 2.45) is 0 Å². The van der Waals surface area contributed by atoms with E-state index < -0.39 is 0 Å². The lowest BCUT2D eigenvalue weighted by molar-refractivity contribution is 0.521. The van der Waals surface area contributed by atoms with Gasteiger partial charge in [0.2, 0.25) is 0 Å². The van der Waals surface area contributed by atoms with E-state index in [1.807, 2.05) is 19.2 Å².